The summed E-state index contributed by atoms with van der Waals surface area (Å²) in [7, 11) is 1.73. The van der Waals surface area contributed by atoms with Crippen molar-refractivity contribution >= 4 is 23.2 Å². The van der Waals surface area contributed by atoms with E-state index in [1.54, 1.807) is 23.3 Å². The van der Waals surface area contributed by atoms with Gasteiger partial charge in [0, 0.05) is 11.9 Å². The molecule has 19 heavy (non-hydrogen) atoms. The normalized spacial score (nSPS) is 22.9. The molecule has 6 heteroatoms. The molecule has 1 saturated carbocycles. The molecule has 0 radical (unpaired) electrons. The van der Waals surface area contributed by atoms with E-state index < -0.39 is 11.9 Å². The van der Waals surface area contributed by atoms with E-state index >= 15 is 0 Å². The van der Waals surface area contributed by atoms with E-state index in [1.807, 2.05) is 20.8 Å². The van der Waals surface area contributed by atoms with Gasteiger partial charge in [0.2, 0.25) is 5.91 Å². The lowest BCUT2D eigenvalue weighted by molar-refractivity contribution is -0.142. The minimum Gasteiger partial charge on any atom is -0.481 e. The summed E-state index contributed by atoms with van der Waals surface area (Å²) in [5, 5.41) is 9.86. The zero-order valence-electron chi connectivity index (χ0n) is 11.5. The standard InChI is InChI=1S/C13H18N2O3S/c1-6-11(19-8(3)14-6)7(2)15(4)12(16)9-5-10(9)13(17)18/h7,9-10H,5H2,1-4H3,(H,17,18). The molecule has 5 nitrogen and oxygen atoms in total. The van der Waals surface area contributed by atoms with E-state index in [4.69, 9.17) is 5.11 Å². The molecule has 0 spiro atoms. The number of amides is 1. The van der Waals surface area contributed by atoms with Crippen molar-refractivity contribution in [2.24, 2.45) is 11.8 Å². The Hall–Kier alpha value is -1.43. The fourth-order valence-corrected chi connectivity index (χ4v) is 3.33. The van der Waals surface area contributed by atoms with Crippen molar-refractivity contribution in [2.45, 2.75) is 33.2 Å². The van der Waals surface area contributed by atoms with Crippen molar-refractivity contribution in [3.8, 4) is 0 Å². The lowest BCUT2D eigenvalue weighted by atomic mass is 10.2. The summed E-state index contributed by atoms with van der Waals surface area (Å²) in [6, 6.07) is -0.0613. The maximum Gasteiger partial charge on any atom is 0.307 e. The number of aromatic nitrogens is 1. The molecule has 3 atom stereocenters. The Bertz CT molecular complexity index is 526. The highest BCUT2D eigenvalue weighted by atomic mass is 32.1. The number of aliphatic carboxylic acids is 1. The van der Waals surface area contributed by atoms with Crippen LogP contribution in [0.1, 0.15) is 35.0 Å². The van der Waals surface area contributed by atoms with E-state index in [9.17, 15) is 9.59 Å². The number of hydrogen-bond donors (Lipinski definition) is 1. The van der Waals surface area contributed by atoms with Gasteiger partial charge in [-0.3, -0.25) is 9.59 Å². The Morgan fingerprint density at radius 3 is 2.47 bits per heavy atom. The highest BCUT2D eigenvalue weighted by molar-refractivity contribution is 7.11. The summed E-state index contributed by atoms with van der Waals surface area (Å²) in [5.74, 6) is -1.79. The average Bonchev–Trinajstić information content (AvgIpc) is 3.07. The molecule has 104 valence electrons. The molecule has 1 N–H and O–H groups in total. The van der Waals surface area contributed by atoms with E-state index in [1.165, 1.54) is 0 Å². The van der Waals surface area contributed by atoms with Crippen molar-refractivity contribution in [3.63, 3.8) is 0 Å². The second-order valence-corrected chi connectivity index (χ2v) is 6.33. The number of aryl methyl sites for hydroxylation is 2. The topological polar surface area (TPSA) is 70.5 Å². The second kappa shape index (κ2) is 4.92. The predicted octanol–water partition coefficient (Wildman–Crippen LogP) is 2.00. The minimum atomic E-state index is -0.871. The van der Waals surface area contributed by atoms with Gasteiger partial charge in [-0.05, 0) is 27.2 Å². The molecule has 1 amide bonds. The SMILES string of the molecule is Cc1nc(C)c(C(C)N(C)C(=O)C2CC2C(=O)O)s1. The van der Waals surface area contributed by atoms with Gasteiger partial charge in [0.05, 0.1) is 28.6 Å². The molecule has 1 aliphatic rings. The van der Waals surface area contributed by atoms with Crippen molar-refractivity contribution < 1.29 is 14.7 Å². The highest BCUT2D eigenvalue weighted by Crippen LogP contribution is 2.41. The number of rotatable bonds is 4. The largest absolute Gasteiger partial charge is 0.481 e. The van der Waals surface area contributed by atoms with Crippen LogP contribution in [-0.2, 0) is 9.59 Å². The van der Waals surface area contributed by atoms with Gasteiger partial charge in [-0.2, -0.15) is 0 Å². The number of carbonyl (C=O) groups excluding carboxylic acids is 1. The van der Waals surface area contributed by atoms with Gasteiger partial charge < -0.3 is 10.0 Å². The van der Waals surface area contributed by atoms with Gasteiger partial charge in [-0.15, -0.1) is 11.3 Å². The molecule has 0 saturated heterocycles. The van der Waals surface area contributed by atoms with Crippen molar-refractivity contribution in [1.29, 1.82) is 0 Å². The fraction of sp³-hybridized carbons (Fsp3) is 0.615. The molecule has 1 aliphatic carbocycles. The number of hydrogen-bond acceptors (Lipinski definition) is 4. The van der Waals surface area contributed by atoms with Gasteiger partial charge >= 0.3 is 5.97 Å². The first-order valence-electron chi connectivity index (χ1n) is 6.26. The molecular formula is C13H18N2O3S. The number of carbonyl (C=O) groups is 2. The molecule has 1 aromatic heterocycles. The van der Waals surface area contributed by atoms with Crippen LogP contribution in [0.5, 0.6) is 0 Å². The summed E-state index contributed by atoms with van der Waals surface area (Å²) in [6.07, 6.45) is 0.464. The highest BCUT2D eigenvalue weighted by Gasteiger charge is 2.49. The number of nitrogens with zero attached hydrogens (tertiary/aromatic N) is 2. The zero-order valence-corrected chi connectivity index (χ0v) is 12.3. The molecule has 1 fully saturated rings. The summed E-state index contributed by atoms with van der Waals surface area (Å²) in [4.78, 5) is 30.1. The molecule has 0 aliphatic heterocycles. The maximum atomic E-state index is 12.2. The lowest BCUT2D eigenvalue weighted by Crippen LogP contribution is -2.31. The first-order valence-corrected chi connectivity index (χ1v) is 7.08. The summed E-state index contributed by atoms with van der Waals surface area (Å²) >= 11 is 1.59. The van der Waals surface area contributed by atoms with Gasteiger partial charge in [0.25, 0.3) is 0 Å². The quantitative estimate of drug-likeness (QED) is 0.917. The summed E-state index contributed by atoms with van der Waals surface area (Å²) in [6.45, 7) is 5.83. The first kappa shape index (κ1) is 14.0. The van der Waals surface area contributed by atoms with E-state index in [0.717, 1.165) is 15.6 Å². The predicted molar refractivity (Wildman–Crippen MR) is 72.0 cm³/mol. The third kappa shape index (κ3) is 2.63. The smallest absolute Gasteiger partial charge is 0.307 e. The third-order valence-corrected chi connectivity index (χ3v) is 4.92. The number of thiazole rings is 1. The van der Waals surface area contributed by atoms with Crippen LogP contribution in [0.2, 0.25) is 0 Å². The molecule has 1 aromatic rings. The van der Waals surface area contributed by atoms with Gasteiger partial charge in [0.1, 0.15) is 0 Å². The van der Waals surface area contributed by atoms with E-state index in [2.05, 4.69) is 4.98 Å². The van der Waals surface area contributed by atoms with Crippen molar-refractivity contribution in [1.82, 2.24) is 9.88 Å². The van der Waals surface area contributed by atoms with Crippen molar-refractivity contribution in [3.05, 3.63) is 15.6 Å². The van der Waals surface area contributed by atoms with Crippen LogP contribution in [0.15, 0.2) is 0 Å². The molecule has 0 aromatic carbocycles. The molecule has 0 bridgehead atoms. The minimum absolute atomic E-state index is 0.0613. The van der Waals surface area contributed by atoms with Crippen LogP contribution < -0.4 is 0 Å². The Morgan fingerprint density at radius 2 is 2.05 bits per heavy atom. The summed E-state index contributed by atoms with van der Waals surface area (Å²) < 4.78 is 0. The molecule has 2 rings (SSSR count). The number of carboxylic acids is 1. The molecular weight excluding hydrogens is 264 g/mol. The van der Waals surface area contributed by atoms with Crippen LogP contribution >= 0.6 is 11.3 Å². The van der Waals surface area contributed by atoms with Crippen LogP contribution in [0.4, 0.5) is 0 Å². The van der Waals surface area contributed by atoms with Crippen molar-refractivity contribution in [2.75, 3.05) is 7.05 Å². The van der Waals surface area contributed by atoms with Gasteiger partial charge in [0.15, 0.2) is 0 Å². The maximum absolute atomic E-state index is 12.2. The van der Waals surface area contributed by atoms with Crippen LogP contribution in [-0.4, -0.2) is 33.9 Å². The Balaban J connectivity index is 2.08. The average molecular weight is 282 g/mol. The van der Waals surface area contributed by atoms with Gasteiger partial charge in [-0.25, -0.2) is 4.98 Å². The van der Waals surface area contributed by atoms with E-state index in [0.29, 0.717) is 6.42 Å². The number of carboxylic acid groups (broad SMARTS) is 1. The molecule has 3 unspecified atom stereocenters. The fourth-order valence-electron chi connectivity index (χ4n) is 2.30. The van der Waals surface area contributed by atoms with E-state index in [-0.39, 0.29) is 17.9 Å². The second-order valence-electron chi connectivity index (χ2n) is 5.09. The van der Waals surface area contributed by atoms with Crippen LogP contribution in [0.3, 0.4) is 0 Å². The van der Waals surface area contributed by atoms with Gasteiger partial charge in [-0.1, -0.05) is 0 Å². The zero-order chi connectivity index (χ0) is 14.3. The van der Waals surface area contributed by atoms with Crippen LogP contribution in [0.25, 0.3) is 0 Å². The lowest BCUT2D eigenvalue weighted by Gasteiger charge is -2.24. The monoisotopic (exact) mass is 282 g/mol. The Kier molecular flexibility index (Phi) is 3.62. The Morgan fingerprint density at radius 1 is 1.42 bits per heavy atom. The Labute approximate surface area is 116 Å². The first-order chi connectivity index (χ1) is 8.82. The summed E-state index contributed by atoms with van der Waals surface area (Å²) in [5.41, 5.74) is 0.945. The third-order valence-electron chi connectivity index (χ3n) is 3.67. The van der Waals surface area contributed by atoms with Crippen LogP contribution in [0, 0.1) is 25.7 Å². The molecule has 1 heterocycles.